The molecule has 0 spiro atoms. The Morgan fingerprint density at radius 3 is 2.20 bits per heavy atom. The van der Waals surface area contributed by atoms with Gasteiger partial charge in [-0.1, -0.05) is 6.07 Å². The molecular formula is C20H18F5N3O2. The Hall–Kier alpha value is -3.01. The molecule has 3 rings (SSSR count). The SMILES string of the molecule is CN(C)C1CN(C(=O)c2cc(NC(=O)c3c(F)cccc3F)cc(C(F)(F)F)c2)C1. The zero-order valence-electron chi connectivity index (χ0n) is 16.1. The van der Waals surface area contributed by atoms with Crippen molar-refractivity contribution in [2.75, 3.05) is 32.5 Å². The van der Waals surface area contributed by atoms with Crippen molar-refractivity contribution in [1.82, 2.24) is 9.80 Å². The largest absolute Gasteiger partial charge is 0.416 e. The lowest BCUT2D eigenvalue weighted by Gasteiger charge is -2.42. The van der Waals surface area contributed by atoms with Crippen LogP contribution in [-0.2, 0) is 6.18 Å². The number of likely N-dealkylation sites (N-methyl/N-ethyl adjacent to an activating group) is 1. The van der Waals surface area contributed by atoms with Crippen molar-refractivity contribution >= 4 is 17.5 Å². The van der Waals surface area contributed by atoms with E-state index < -0.39 is 46.4 Å². The number of halogens is 5. The second kappa shape index (κ2) is 8.02. The molecule has 5 nitrogen and oxygen atoms in total. The smallest absolute Gasteiger partial charge is 0.335 e. The van der Waals surface area contributed by atoms with E-state index in [2.05, 4.69) is 5.32 Å². The van der Waals surface area contributed by atoms with Crippen molar-refractivity contribution in [3.05, 3.63) is 64.7 Å². The third kappa shape index (κ3) is 4.43. The lowest BCUT2D eigenvalue weighted by atomic mass is 10.0. The molecule has 0 radical (unpaired) electrons. The van der Waals surface area contributed by atoms with Gasteiger partial charge in [0.25, 0.3) is 11.8 Å². The maximum absolute atomic E-state index is 13.8. The van der Waals surface area contributed by atoms with Crippen LogP contribution in [0.5, 0.6) is 0 Å². The first-order valence-corrected chi connectivity index (χ1v) is 8.90. The number of amides is 2. The van der Waals surface area contributed by atoms with Gasteiger partial charge in [-0.3, -0.25) is 9.59 Å². The number of rotatable bonds is 4. The van der Waals surface area contributed by atoms with Gasteiger partial charge >= 0.3 is 6.18 Å². The van der Waals surface area contributed by atoms with Crippen LogP contribution in [0.2, 0.25) is 0 Å². The zero-order valence-corrected chi connectivity index (χ0v) is 16.1. The van der Waals surface area contributed by atoms with Crippen molar-refractivity contribution in [3.63, 3.8) is 0 Å². The Labute approximate surface area is 169 Å². The van der Waals surface area contributed by atoms with Gasteiger partial charge in [0, 0.05) is 30.4 Å². The normalized spacial score (nSPS) is 14.6. The molecule has 2 aromatic rings. The minimum Gasteiger partial charge on any atom is -0.335 e. The Bertz CT molecular complexity index is 965. The van der Waals surface area contributed by atoms with Gasteiger partial charge in [-0.25, -0.2) is 8.78 Å². The summed E-state index contributed by atoms with van der Waals surface area (Å²) in [4.78, 5) is 28.1. The van der Waals surface area contributed by atoms with Crippen LogP contribution in [0, 0.1) is 11.6 Å². The van der Waals surface area contributed by atoms with Gasteiger partial charge in [0.15, 0.2) is 0 Å². The second-order valence-corrected chi connectivity index (χ2v) is 7.18. The quantitative estimate of drug-likeness (QED) is 0.759. The highest BCUT2D eigenvalue weighted by Crippen LogP contribution is 2.33. The average molecular weight is 427 g/mol. The van der Waals surface area contributed by atoms with Gasteiger partial charge < -0.3 is 15.1 Å². The molecule has 0 unspecified atom stereocenters. The number of carbonyl (C=O) groups excluding carboxylic acids is 2. The number of benzene rings is 2. The maximum atomic E-state index is 13.8. The predicted octanol–water partition coefficient (Wildman–Crippen LogP) is 3.62. The van der Waals surface area contributed by atoms with Gasteiger partial charge in [0.05, 0.1) is 5.56 Å². The van der Waals surface area contributed by atoms with Crippen molar-refractivity contribution in [2.45, 2.75) is 12.2 Å². The Kier molecular flexibility index (Phi) is 5.80. The molecule has 30 heavy (non-hydrogen) atoms. The molecule has 0 atom stereocenters. The Morgan fingerprint density at radius 2 is 1.67 bits per heavy atom. The van der Waals surface area contributed by atoms with Crippen LogP contribution in [0.25, 0.3) is 0 Å². The van der Waals surface area contributed by atoms with Gasteiger partial charge in [0.2, 0.25) is 0 Å². The van der Waals surface area contributed by atoms with E-state index in [1.54, 1.807) is 0 Å². The lowest BCUT2D eigenvalue weighted by Crippen LogP contribution is -2.59. The first-order chi connectivity index (χ1) is 14.0. The molecule has 2 aromatic carbocycles. The van der Waals surface area contributed by atoms with Crippen LogP contribution in [0.4, 0.5) is 27.6 Å². The summed E-state index contributed by atoms with van der Waals surface area (Å²) in [6.07, 6.45) is -4.79. The van der Waals surface area contributed by atoms with Crippen LogP contribution in [0.1, 0.15) is 26.3 Å². The molecule has 1 aliphatic rings. The van der Waals surface area contributed by atoms with E-state index in [0.29, 0.717) is 25.2 Å². The summed E-state index contributed by atoms with van der Waals surface area (Å²) in [5.74, 6) is -4.22. The molecule has 0 aliphatic carbocycles. The third-order valence-corrected chi connectivity index (χ3v) is 4.83. The van der Waals surface area contributed by atoms with E-state index in [4.69, 9.17) is 0 Å². The highest BCUT2D eigenvalue weighted by Gasteiger charge is 2.35. The van der Waals surface area contributed by atoms with Crippen LogP contribution in [0.3, 0.4) is 0 Å². The third-order valence-electron chi connectivity index (χ3n) is 4.83. The first-order valence-electron chi connectivity index (χ1n) is 8.90. The van der Waals surface area contributed by atoms with Crippen LogP contribution < -0.4 is 5.32 Å². The molecular weight excluding hydrogens is 409 g/mol. The number of anilines is 1. The first kappa shape index (κ1) is 21.7. The maximum Gasteiger partial charge on any atom is 0.416 e. The van der Waals surface area contributed by atoms with Crippen molar-refractivity contribution < 1.29 is 31.5 Å². The number of nitrogens with one attached hydrogen (secondary N) is 1. The van der Waals surface area contributed by atoms with E-state index in [1.807, 2.05) is 19.0 Å². The summed E-state index contributed by atoms with van der Waals surface area (Å²) in [5, 5.41) is 2.05. The molecule has 1 aliphatic heterocycles. The number of hydrogen-bond acceptors (Lipinski definition) is 3. The van der Waals surface area contributed by atoms with E-state index in [0.717, 1.165) is 24.3 Å². The summed E-state index contributed by atoms with van der Waals surface area (Å²) in [7, 11) is 3.65. The number of likely N-dealkylation sites (tertiary alicyclic amines) is 1. The molecule has 0 bridgehead atoms. The minimum absolute atomic E-state index is 0.1000. The minimum atomic E-state index is -4.79. The number of nitrogens with zero attached hydrogens (tertiary/aromatic N) is 2. The lowest BCUT2D eigenvalue weighted by molar-refractivity contribution is -0.137. The average Bonchev–Trinajstić information content (AvgIpc) is 2.58. The number of hydrogen-bond donors (Lipinski definition) is 1. The fourth-order valence-electron chi connectivity index (χ4n) is 3.03. The number of carbonyl (C=O) groups is 2. The van der Waals surface area contributed by atoms with Crippen LogP contribution >= 0.6 is 0 Å². The van der Waals surface area contributed by atoms with Crippen molar-refractivity contribution in [1.29, 1.82) is 0 Å². The molecule has 1 heterocycles. The molecule has 2 amide bonds. The van der Waals surface area contributed by atoms with Crippen molar-refractivity contribution in [2.24, 2.45) is 0 Å². The van der Waals surface area contributed by atoms with E-state index in [-0.39, 0.29) is 11.6 Å². The fourth-order valence-corrected chi connectivity index (χ4v) is 3.03. The molecule has 1 saturated heterocycles. The molecule has 0 aromatic heterocycles. The highest BCUT2D eigenvalue weighted by atomic mass is 19.4. The second-order valence-electron chi connectivity index (χ2n) is 7.18. The van der Waals surface area contributed by atoms with Gasteiger partial charge in [-0.15, -0.1) is 0 Å². The topological polar surface area (TPSA) is 52.6 Å². The Morgan fingerprint density at radius 1 is 1.07 bits per heavy atom. The number of alkyl halides is 3. The molecule has 160 valence electrons. The summed E-state index contributed by atoms with van der Waals surface area (Å²) in [6, 6.07) is 5.20. The fraction of sp³-hybridized carbons (Fsp3) is 0.300. The molecule has 0 saturated carbocycles. The summed E-state index contributed by atoms with van der Waals surface area (Å²) in [5.41, 5.74) is -2.78. The standard InChI is InChI=1S/C20H18F5N3O2/c1-27(2)14-9-28(10-14)19(30)11-6-12(20(23,24)25)8-13(7-11)26-18(29)17-15(21)4-3-5-16(17)22/h3-8,14H,9-10H2,1-2H3,(H,26,29). The molecule has 10 heteroatoms. The summed E-state index contributed by atoms with van der Waals surface area (Å²) in [6.45, 7) is 0.703. The summed E-state index contributed by atoms with van der Waals surface area (Å²) >= 11 is 0. The predicted molar refractivity (Wildman–Crippen MR) is 99.1 cm³/mol. The van der Waals surface area contributed by atoms with E-state index in [9.17, 15) is 31.5 Å². The Balaban J connectivity index is 1.90. The molecule has 1 fully saturated rings. The highest BCUT2D eigenvalue weighted by molar-refractivity contribution is 6.05. The van der Waals surface area contributed by atoms with Crippen LogP contribution in [-0.4, -0.2) is 54.8 Å². The van der Waals surface area contributed by atoms with Gasteiger partial charge in [0.1, 0.15) is 17.2 Å². The van der Waals surface area contributed by atoms with E-state index in [1.165, 1.54) is 4.90 Å². The summed E-state index contributed by atoms with van der Waals surface area (Å²) < 4.78 is 67.5. The monoisotopic (exact) mass is 427 g/mol. The van der Waals surface area contributed by atoms with Crippen LogP contribution in [0.15, 0.2) is 36.4 Å². The van der Waals surface area contributed by atoms with Gasteiger partial charge in [-0.2, -0.15) is 13.2 Å². The van der Waals surface area contributed by atoms with Crippen molar-refractivity contribution in [3.8, 4) is 0 Å². The van der Waals surface area contributed by atoms with E-state index >= 15 is 0 Å². The zero-order chi connectivity index (χ0) is 22.2. The van der Waals surface area contributed by atoms with Gasteiger partial charge in [-0.05, 0) is 44.4 Å². The molecule has 1 N–H and O–H groups in total.